The highest BCUT2D eigenvalue weighted by atomic mass is 79.9. The molecular formula is C16H22BrNO3. The van der Waals surface area contributed by atoms with Gasteiger partial charge in [-0.1, -0.05) is 12.2 Å². The number of nitrogens with one attached hydrogen (secondary N) is 1. The fourth-order valence-electron chi connectivity index (χ4n) is 4.90. The van der Waals surface area contributed by atoms with Gasteiger partial charge < -0.3 is 31.4 Å². The number of cyclic esters (lactones) is 1. The van der Waals surface area contributed by atoms with Crippen molar-refractivity contribution in [3.8, 4) is 0 Å². The van der Waals surface area contributed by atoms with E-state index in [1.807, 2.05) is 0 Å². The van der Waals surface area contributed by atoms with Crippen LogP contribution in [0.15, 0.2) is 23.3 Å². The molecule has 0 aromatic carbocycles. The van der Waals surface area contributed by atoms with Gasteiger partial charge in [0, 0.05) is 37.9 Å². The summed E-state index contributed by atoms with van der Waals surface area (Å²) in [7, 11) is 1.79. The van der Waals surface area contributed by atoms with Gasteiger partial charge >= 0.3 is 5.97 Å². The van der Waals surface area contributed by atoms with E-state index in [4.69, 9.17) is 9.47 Å². The molecule has 5 heteroatoms. The van der Waals surface area contributed by atoms with Crippen LogP contribution in [0.25, 0.3) is 0 Å². The number of esters is 1. The van der Waals surface area contributed by atoms with Crippen LogP contribution in [0, 0.1) is 5.92 Å². The molecule has 0 amide bonds. The largest absolute Gasteiger partial charge is 1.00 e. The highest BCUT2D eigenvalue weighted by molar-refractivity contribution is 5.75. The number of quaternary nitrogens is 1. The lowest BCUT2D eigenvalue weighted by atomic mass is 9.67. The van der Waals surface area contributed by atoms with Crippen LogP contribution in [0.4, 0.5) is 0 Å². The average Bonchev–Trinajstić information content (AvgIpc) is 2.86. The minimum Gasteiger partial charge on any atom is -1.00 e. The van der Waals surface area contributed by atoms with Crippen LogP contribution in [-0.2, 0) is 14.3 Å². The van der Waals surface area contributed by atoms with Gasteiger partial charge in [0.05, 0.1) is 25.6 Å². The number of carbonyl (C=O) groups excluding carboxylic acids is 1. The molecule has 4 atom stereocenters. The average molecular weight is 356 g/mol. The molecule has 116 valence electrons. The summed E-state index contributed by atoms with van der Waals surface area (Å²) in [5.41, 5.74) is 2.90. The van der Waals surface area contributed by atoms with E-state index in [2.05, 4.69) is 12.2 Å². The van der Waals surface area contributed by atoms with Gasteiger partial charge in [-0.15, -0.1) is 0 Å². The zero-order valence-corrected chi connectivity index (χ0v) is 13.9. The van der Waals surface area contributed by atoms with E-state index < -0.39 is 0 Å². The Labute approximate surface area is 135 Å². The van der Waals surface area contributed by atoms with Crippen molar-refractivity contribution in [2.45, 2.75) is 37.3 Å². The van der Waals surface area contributed by atoms with Crippen molar-refractivity contribution in [3.05, 3.63) is 23.3 Å². The van der Waals surface area contributed by atoms with Gasteiger partial charge in [0.25, 0.3) is 0 Å². The van der Waals surface area contributed by atoms with E-state index in [9.17, 15) is 4.79 Å². The lowest BCUT2D eigenvalue weighted by Crippen LogP contribution is -3.20. The number of halogens is 1. The third-order valence-electron chi connectivity index (χ3n) is 5.83. The Bertz CT molecular complexity index is 516. The Kier molecular flexibility index (Phi) is 4.01. The molecule has 4 unspecified atom stereocenters. The van der Waals surface area contributed by atoms with E-state index in [1.165, 1.54) is 30.7 Å². The fourth-order valence-corrected chi connectivity index (χ4v) is 4.90. The predicted molar refractivity (Wildman–Crippen MR) is 73.3 cm³/mol. The lowest BCUT2D eigenvalue weighted by Gasteiger charge is -2.48. The van der Waals surface area contributed by atoms with Gasteiger partial charge in [-0.3, -0.25) is 4.79 Å². The van der Waals surface area contributed by atoms with Crippen LogP contribution >= 0.6 is 0 Å². The van der Waals surface area contributed by atoms with Gasteiger partial charge in [-0.05, 0) is 5.57 Å². The Morgan fingerprint density at radius 1 is 1.38 bits per heavy atom. The first-order valence-electron chi connectivity index (χ1n) is 7.67. The van der Waals surface area contributed by atoms with Crippen molar-refractivity contribution in [2.75, 3.05) is 26.8 Å². The molecule has 0 bridgehead atoms. The second-order valence-electron chi connectivity index (χ2n) is 6.50. The molecule has 0 aromatic rings. The number of carbonyl (C=O) groups is 1. The Balaban J connectivity index is 0.00000132. The van der Waals surface area contributed by atoms with Crippen LogP contribution in [0.3, 0.4) is 0 Å². The number of hydrogen-bond acceptors (Lipinski definition) is 3. The highest BCUT2D eigenvalue weighted by Gasteiger charge is 2.59. The number of hydrogen-bond donors (Lipinski definition) is 1. The summed E-state index contributed by atoms with van der Waals surface area (Å²) >= 11 is 0. The van der Waals surface area contributed by atoms with Crippen molar-refractivity contribution < 1.29 is 36.1 Å². The molecule has 0 radical (unpaired) electrons. The quantitative estimate of drug-likeness (QED) is 0.409. The van der Waals surface area contributed by atoms with Crippen molar-refractivity contribution in [1.29, 1.82) is 0 Å². The standard InChI is InChI=1S/C16H21NO3.BrH/c1-19-13-3-2-12-5-7-17-6-4-11-10-20-15(18)8-14(11)16(12,17)9-13;/h2-3,12-13H,4-10H2,1H3;1H. The summed E-state index contributed by atoms with van der Waals surface area (Å²) < 4.78 is 10.9. The molecule has 0 saturated carbocycles. The number of ether oxygens (including phenoxy) is 2. The predicted octanol–water partition coefficient (Wildman–Crippen LogP) is -2.74. The summed E-state index contributed by atoms with van der Waals surface area (Å²) in [6.07, 6.45) is 8.59. The van der Waals surface area contributed by atoms with Crippen molar-refractivity contribution in [2.24, 2.45) is 5.92 Å². The summed E-state index contributed by atoms with van der Waals surface area (Å²) in [5.74, 6) is 0.522. The SMILES string of the molecule is COC1C=CC2CC[NH+]3CCC4=C(CC(=O)OC4)C23C1.[Br-]. The molecule has 0 aromatic heterocycles. The van der Waals surface area contributed by atoms with E-state index in [0.717, 1.165) is 12.8 Å². The van der Waals surface area contributed by atoms with Gasteiger partial charge in [-0.25, -0.2) is 0 Å². The first-order chi connectivity index (χ1) is 9.74. The number of methoxy groups -OCH3 is 1. The van der Waals surface area contributed by atoms with E-state index in [1.54, 1.807) is 12.0 Å². The summed E-state index contributed by atoms with van der Waals surface area (Å²) in [6, 6.07) is 0. The maximum atomic E-state index is 11.8. The first-order valence-corrected chi connectivity index (χ1v) is 7.67. The van der Waals surface area contributed by atoms with Gasteiger partial charge in [0.2, 0.25) is 0 Å². The Morgan fingerprint density at radius 2 is 2.24 bits per heavy atom. The monoisotopic (exact) mass is 355 g/mol. The van der Waals surface area contributed by atoms with Crippen LogP contribution < -0.4 is 21.9 Å². The van der Waals surface area contributed by atoms with Crippen molar-refractivity contribution in [1.82, 2.24) is 0 Å². The van der Waals surface area contributed by atoms with Crippen molar-refractivity contribution >= 4 is 5.97 Å². The molecule has 21 heavy (non-hydrogen) atoms. The molecule has 4 nitrogen and oxygen atoms in total. The molecule has 1 aliphatic carbocycles. The maximum absolute atomic E-state index is 11.8. The van der Waals surface area contributed by atoms with Gasteiger partial charge in [0.1, 0.15) is 12.1 Å². The minimum atomic E-state index is -0.0476. The summed E-state index contributed by atoms with van der Waals surface area (Å²) in [5, 5.41) is 0. The highest BCUT2D eigenvalue weighted by Crippen LogP contribution is 2.44. The topological polar surface area (TPSA) is 40.0 Å². The van der Waals surface area contributed by atoms with Crippen LogP contribution in [0.1, 0.15) is 25.7 Å². The molecule has 1 spiro atoms. The molecule has 4 aliphatic rings. The van der Waals surface area contributed by atoms with Gasteiger partial charge in [-0.2, -0.15) is 0 Å². The van der Waals surface area contributed by atoms with E-state index in [0.29, 0.717) is 18.9 Å². The summed E-state index contributed by atoms with van der Waals surface area (Å²) in [6.45, 7) is 2.92. The third-order valence-corrected chi connectivity index (χ3v) is 5.83. The molecule has 4 rings (SSSR count). The van der Waals surface area contributed by atoms with E-state index in [-0.39, 0.29) is 34.6 Å². The zero-order valence-electron chi connectivity index (χ0n) is 12.4. The normalized spacial score (nSPS) is 40.8. The van der Waals surface area contributed by atoms with E-state index >= 15 is 0 Å². The fraction of sp³-hybridized carbons (Fsp3) is 0.688. The minimum absolute atomic E-state index is 0. The van der Waals surface area contributed by atoms with Crippen LogP contribution in [0.2, 0.25) is 0 Å². The molecular weight excluding hydrogens is 334 g/mol. The van der Waals surface area contributed by atoms with Crippen LogP contribution in [0.5, 0.6) is 0 Å². The Hall–Kier alpha value is -0.650. The summed E-state index contributed by atoms with van der Waals surface area (Å²) in [4.78, 5) is 13.5. The second kappa shape index (κ2) is 5.52. The first kappa shape index (κ1) is 15.3. The smallest absolute Gasteiger partial charge is 0.310 e. The van der Waals surface area contributed by atoms with Crippen LogP contribution in [-0.4, -0.2) is 44.4 Å². The molecule has 1 saturated heterocycles. The van der Waals surface area contributed by atoms with Gasteiger partial charge in [0.15, 0.2) is 0 Å². The molecule has 3 aliphatic heterocycles. The van der Waals surface area contributed by atoms with Crippen molar-refractivity contribution in [3.63, 3.8) is 0 Å². The zero-order chi connectivity index (χ0) is 13.7. The molecule has 3 heterocycles. The maximum Gasteiger partial charge on any atom is 0.310 e. The third kappa shape index (κ3) is 2.13. The second-order valence-corrected chi connectivity index (χ2v) is 6.50. The molecule has 1 fully saturated rings. The Morgan fingerprint density at radius 3 is 3.05 bits per heavy atom. The molecule has 1 N–H and O–H groups in total. The number of rotatable bonds is 1. The lowest BCUT2D eigenvalue weighted by molar-refractivity contribution is -0.938.